The van der Waals surface area contributed by atoms with Crippen LogP contribution < -0.4 is 20.5 Å². The smallest absolute Gasteiger partial charge is 0.320 e. The van der Waals surface area contributed by atoms with E-state index in [4.69, 9.17) is 0 Å². The predicted octanol–water partition coefficient (Wildman–Crippen LogP) is 2.07. The van der Waals surface area contributed by atoms with Crippen molar-refractivity contribution in [3.8, 4) is 0 Å². The SMILES string of the molecule is CC(=O)c1c(C)c2cnc(Nc3ccc(N4CCN(C=O)CC4)c[n+]3[O-])nc2n(C2CCCC2)c1=O. The molecule has 2 aliphatic rings. The van der Waals surface area contributed by atoms with E-state index in [1.807, 2.05) is 6.07 Å². The van der Waals surface area contributed by atoms with E-state index < -0.39 is 0 Å². The minimum Gasteiger partial charge on any atom is -0.711 e. The number of pyridine rings is 2. The van der Waals surface area contributed by atoms with Crippen molar-refractivity contribution < 1.29 is 14.3 Å². The number of Topliss-reactive ketones (excluding diaryl/α,β-unsaturated/α-hetero) is 1. The van der Waals surface area contributed by atoms with Gasteiger partial charge in [0.2, 0.25) is 6.41 Å². The molecule has 188 valence electrons. The molecule has 4 heterocycles. The highest BCUT2D eigenvalue weighted by Gasteiger charge is 2.26. The first-order chi connectivity index (χ1) is 17.4. The Hall–Kier alpha value is -4.02. The lowest BCUT2D eigenvalue weighted by molar-refractivity contribution is -0.589. The number of fused-ring (bicyclic) bond motifs is 1. The first kappa shape index (κ1) is 23.7. The largest absolute Gasteiger partial charge is 0.711 e. The lowest BCUT2D eigenvalue weighted by atomic mass is 10.0. The Balaban J connectivity index is 1.48. The average Bonchev–Trinajstić information content (AvgIpc) is 3.39. The van der Waals surface area contributed by atoms with Gasteiger partial charge in [-0.3, -0.25) is 19.0 Å². The Morgan fingerprint density at radius 2 is 1.92 bits per heavy atom. The molecule has 5 rings (SSSR count). The van der Waals surface area contributed by atoms with Crippen LogP contribution in [0.25, 0.3) is 11.0 Å². The maximum absolute atomic E-state index is 13.4. The second kappa shape index (κ2) is 9.56. The predicted molar refractivity (Wildman–Crippen MR) is 135 cm³/mol. The summed E-state index contributed by atoms with van der Waals surface area (Å²) < 4.78 is 2.37. The second-order valence-electron chi connectivity index (χ2n) is 9.45. The zero-order valence-electron chi connectivity index (χ0n) is 20.4. The molecule has 3 aromatic rings. The van der Waals surface area contributed by atoms with Gasteiger partial charge in [0.15, 0.2) is 11.4 Å². The van der Waals surface area contributed by atoms with Crippen LogP contribution in [0.15, 0.2) is 29.3 Å². The fourth-order valence-corrected chi connectivity index (χ4v) is 5.26. The summed E-state index contributed by atoms with van der Waals surface area (Å²) in [6.07, 6.45) is 7.67. The Morgan fingerprint density at radius 3 is 2.56 bits per heavy atom. The van der Waals surface area contributed by atoms with Gasteiger partial charge >= 0.3 is 5.95 Å². The average molecular weight is 492 g/mol. The summed E-state index contributed by atoms with van der Waals surface area (Å²) in [7, 11) is 0. The van der Waals surface area contributed by atoms with Crippen LogP contribution in [0, 0.1) is 12.1 Å². The molecular formula is C25H29N7O4. The van der Waals surface area contributed by atoms with Crippen LogP contribution in [-0.4, -0.2) is 57.8 Å². The fraction of sp³-hybridized carbons (Fsp3) is 0.440. The number of nitrogens with one attached hydrogen (secondary N) is 1. The first-order valence-electron chi connectivity index (χ1n) is 12.2. The summed E-state index contributed by atoms with van der Waals surface area (Å²) in [6, 6.07) is 3.48. The van der Waals surface area contributed by atoms with E-state index in [2.05, 4.69) is 20.2 Å². The number of piperazine rings is 1. The van der Waals surface area contributed by atoms with Gasteiger partial charge in [-0.1, -0.05) is 12.8 Å². The van der Waals surface area contributed by atoms with Crippen molar-refractivity contribution in [2.24, 2.45) is 0 Å². The zero-order chi connectivity index (χ0) is 25.4. The summed E-state index contributed by atoms with van der Waals surface area (Å²) >= 11 is 0. The van der Waals surface area contributed by atoms with Crippen LogP contribution >= 0.6 is 0 Å². The Bertz CT molecular complexity index is 1390. The molecule has 2 fully saturated rings. The molecule has 1 amide bonds. The molecule has 36 heavy (non-hydrogen) atoms. The molecule has 3 aromatic heterocycles. The van der Waals surface area contributed by atoms with E-state index in [0.29, 0.717) is 42.8 Å². The number of aromatic nitrogens is 4. The number of aryl methyl sites for hydroxylation is 1. The van der Waals surface area contributed by atoms with E-state index in [0.717, 1.165) is 42.5 Å². The summed E-state index contributed by atoms with van der Waals surface area (Å²) in [5.74, 6) is 0.172. The van der Waals surface area contributed by atoms with Gasteiger partial charge in [-0.25, -0.2) is 10.0 Å². The molecular weight excluding hydrogens is 462 g/mol. The normalized spacial score (nSPS) is 16.5. The summed E-state index contributed by atoms with van der Waals surface area (Å²) in [5.41, 5.74) is 1.67. The van der Waals surface area contributed by atoms with Crippen LogP contribution in [0.2, 0.25) is 0 Å². The van der Waals surface area contributed by atoms with Crippen molar-refractivity contribution in [1.82, 2.24) is 19.4 Å². The summed E-state index contributed by atoms with van der Waals surface area (Å²) in [5, 5.41) is 16.4. The van der Waals surface area contributed by atoms with Gasteiger partial charge < -0.3 is 15.0 Å². The third-order valence-corrected chi connectivity index (χ3v) is 7.22. The maximum Gasteiger partial charge on any atom is 0.320 e. The highest BCUT2D eigenvalue weighted by atomic mass is 16.5. The van der Waals surface area contributed by atoms with Gasteiger partial charge in [0, 0.05) is 49.9 Å². The molecule has 1 saturated heterocycles. The van der Waals surface area contributed by atoms with E-state index in [9.17, 15) is 19.6 Å². The number of carbonyl (C=O) groups excluding carboxylic acids is 2. The summed E-state index contributed by atoms with van der Waals surface area (Å²) in [6.45, 7) is 5.68. The number of carbonyl (C=O) groups is 2. The number of nitrogens with zero attached hydrogens (tertiary/aromatic N) is 6. The van der Waals surface area contributed by atoms with Crippen molar-refractivity contribution in [3.63, 3.8) is 0 Å². The van der Waals surface area contributed by atoms with E-state index in [1.54, 1.807) is 28.7 Å². The first-order valence-corrected chi connectivity index (χ1v) is 12.2. The number of hydrogen-bond acceptors (Lipinski definition) is 8. The number of rotatable bonds is 6. The maximum atomic E-state index is 13.4. The van der Waals surface area contributed by atoms with Gasteiger partial charge in [-0.2, -0.15) is 9.97 Å². The molecule has 11 nitrogen and oxygen atoms in total. The Kier molecular flexibility index (Phi) is 6.29. The third kappa shape index (κ3) is 4.25. The Morgan fingerprint density at radius 1 is 1.19 bits per heavy atom. The van der Waals surface area contributed by atoms with Crippen molar-refractivity contribution in [2.75, 3.05) is 36.4 Å². The minimum absolute atomic E-state index is 0.0233. The van der Waals surface area contributed by atoms with Crippen LogP contribution in [0.4, 0.5) is 17.5 Å². The molecule has 0 bridgehead atoms. The monoisotopic (exact) mass is 491 g/mol. The van der Waals surface area contributed by atoms with Crippen LogP contribution in [0.1, 0.15) is 54.6 Å². The fourth-order valence-electron chi connectivity index (χ4n) is 5.26. The number of hydrogen-bond donors (Lipinski definition) is 1. The standard InChI is InChI=1S/C25H29N7O4/c1-16-20-13-26-25(28-23(20)32(18-5-3-4-6-18)24(35)22(16)17(2)34)27-21-8-7-19(14-31(21)36)30-11-9-29(15-33)10-12-30/h7-8,13-15,18H,3-6,9-12H2,1-2H3,(H,26,27,28). The highest BCUT2D eigenvalue weighted by molar-refractivity contribution is 5.99. The van der Waals surface area contributed by atoms with Crippen molar-refractivity contribution >= 4 is 40.7 Å². The molecule has 0 aromatic carbocycles. The summed E-state index contributed by atoms with van der Waals surface area (Å²) in [4.78, 5) is 49.4. The number of ketones is 1. The molecule has 1 saturated carbocycles. The van der Waals surface area contributed by atoms with Crippen molar-refractivity contribution in [3.05, 3.63) is 51.2 Å². The van der Waals surface area contributed by atoms with Gasteiger partial charge in [0.25, 0.3) is 11.4 Å². The van der Waals surface area contributed by atoms with Gasteiger partial charge in [0.05, 0.1) is 11.3 Å². The molecule has 1 aliphatic heterocycles. The van der Waals surface area contributed by atoms with Gasteiger partial charge in [0.1, 0.15) is 6.20 Å². The topological polar surface area (TPSA) is 127 Å². The molecule has 0 atom stereocenters. The van der Waals surface area contributed by atoms with Crippen molar-refractivity contribution in [1.29, 1.82) is 0 Å². The zero-order valence-corrected chi connectivity index (χ0v) is 20.4. The number of amides is 1. The molecule has 0 unspecified atom stereocenters. The quantitative estimate of drug-likeness (QED) is 0.240. The Labute approximate surface area is 208 Å². The lowest BCUT2D eigenvalue weighted by Crippen LogP contribution is -2.46. The van der Waals surface area contributed by atoms with Crippen LogP contribution in [-0.2, 0) is 4.79 Å². The number of anilines is 3. The molecule has 1 N–H and O–H groups in total. The molecule has 0 radical (unpaired) electrons. The van der Waals surface area contributed by atoms with E-state index in [-0.39, 0.29) is 34.7 Å². The van der Waals surface area contributed by atoms with Gasteiger partial charge in [-0.15, -0.1) is 0 Å². The molecule has 0 spiro atoms. The van der Waals surface area contributed by atoms with Crippen LogP contribution in [0.3, 0.4) is 0 Å². The van der Waals surface area contributed by atoms with Crippen LogP contribution in [0.5, 0.6) is 0 Å². The van der Waals surface area contributed by atoms with Gasteiger partial charge in [-0.05, 0) is 38.3 Å². The lowest BCUT2D eigenvalue weighted by Gasteiger charge is -2.33. The molecule has 11 heteroatoms. The highest BCUT2D eigenvalue weighted by Crippen LogP contribution is 2.32. The van der Waals surface area contributed by atoms with E-state index in [1.165, 1.54) is 13.1 Å². The van der Waals surface area contributed by atoms with E-state index >= 15 is 0 Å². The molecule has 1 aliphatic carbocycles. The minimum atomic E-state index is -0.318. The third-order valence-electron chi connectivity index (χ3n) is 7.22. The second-order valence-corrected chi connectivity index (χ2v) is 9.45. The van der Waals surface area contributed by atoms with Crippen molar-refractivity contribution in [2.45, 2.75) is 45.6 Å².